The number of hydrazone groups is 1. The lowest BCUT2D eigenvalue weighted by Crippen LogP contribution is -2.42. The molecule has 4 heterocycles. The van der Waals surface area contributed by atoms with Crippen LogP contribution in [0.3, 0.4) is 0 Å². The quantitative estimate of drug-likeness (QED) is 0.475. The molecule has 35 heavy (non-hydrogen) atoms. The van der Waals surface area contributed by atoms with Crippen molar-refractivity contribution in [1.29, 1.82) is 0 Å². The normalized spacial score (nSPS) is 20.0. The van der Waals surface area contributed by atoms with Gasteiger partial charge in [-0.3, -0.25) is 14.0 Å². The average molecular weight is 490 g/mol. The fourth-order valence-electron chi connectivity index (χ4n) is 5.13. The smallest absolute Gasteiger partial charge is 0.271 e. The number of nitrogens with zero attached hydrogens (tertiary/aromatic N) is 4. The molecule has 10 heteroatoms. The average Bonchev–Trinajstić information content (AvgIpc) is 3.37. The molecule has 2 amide bonds. The highest BCUT2D eigenvalue weighted by Crippen LogP contribution is 2.36. The molecule has 0 radical (unpaired) electrons. The van der Waals surface area contributed by atoms with Crippen molar-refractivity contribution >= 4 is 60.4 Å². The SMILES string of the molecule is Cc1nc2ccccc2c2c(NC(=O)C3=NN(C4CCS(=O)(=O)C4)C(=O)CC3)c3ccccc3n12. The number of carbonyl (C=O) groups excluding carboxylic acids is 2. The molecule has 1 atom stereocenters. The summed E-state index contributed by atoms with van der Waals surface area (Å²) in [5.41, 5.74) is 3.46. The van der Waals surface area contributed by atoms with Crippen LogP contribution >= 0.6 is 0 Å². The molecule has 6 rings (SSSR count). The van der Waals surface area contributed by atoms with Gasteiger partial charge in [-0.25, -0.2) is 18.4 Å². The Kier molecular flexibility index (Phi) is 4.89. The van der Waals surface area contributed by atoms with Crippen LogP contribution in [0.2, 0.25) is 0 Å². The van der Waals surface area contributed by atoms with Crippen LogP contribution in [0.15, 0.2) is 53.6 Å². The summed E-state index contributed by atoms with van der Waals surface area (Å²) in [6.45, 7) is 1.93. The Bertz CT molecular complexity index is 1690. The summed E-state index contributed by atoms with van der Waals surface area (Å²) in [6.07, 6.45) is 0.650. The number of benzene rings is 2. The summed E-state index contributed by atoms with van der Waals surface area (Å²) < 4.78 is 25.9. The highest BCUT2D eigenvalue weighted by molar-refractivity contribution is 7.91. The van der Waals surface area contributed by atoms with Crippen molar-refractivity contribution < 1.29 is 18.0 Å². The van der Waals surface area contributed by atoms with Gasteiger partial charge in [0.1, 0.15) is 11.5 Å². The van der Waals surface area contributed by atoms with E-state index in [1.807, 2.05) is 59.9 Å². The number of aromatic nitrogens is 2. The van der Waals surface area contributed by atoms with Gasteiger partial charge in [0.15, 0.2) is 9.84 Å². The van der Waals surface area contributed by atoms with Crippen molar-refractivity contribution in [3.05, 3.63) is 54.4 Å². The number of amides is 2. The Morgan fingerprint density at radius 3 is 2.57 bits per heavy atom. The van der Waals surface area contributed by atoms with Crippen LogP contribution in [0.5, 0.6) is 0 Å². The third-order valence-electron chi connectivity index (χ3n) is 6.75. The number of sulfone groups is 1. The van der Waals surface area contributed by atoms with Gasteiger partial charge in [0, 0.05) is 23.6 Å². The summed E-state index contributed by atoms with van der Waals surface area (Å²) in [5.74, 6) is 0.0483. The molecule has 1 fully saturated rings. The Balaban J connectivity index is 1.45. The molecular weight excluding hydrogens is 466 g/mol. The molecule has 2 aliphatic heterocycles. The highest BCUT2D eigenvalue weighted by Gasteiger charge is 2.37. The first kappa shape index (κ1) is 21.7. The van der Waals surface area contributed by atoms with Gasteiger partial charge in [0.05, 0.1) is 39.8 Å². The van der Waals surface area contributed by atoms with E-state index in [1.54, 1.807) is 0 Å². The number of hydrogen-bond acceptors (Lipinski definition) is 6. The van der Waals surface area contributed by atoms with E-state index >= 15 is 0 Å². The number of aryl methyl sites for hydroxylation is 1. The number of fused-ring (bicyclic) bond motifs is 5. The molecule has 2 aromatic heterocycles. The maximum absolute atomic E-state index is 13.4. The molecule has 9 nitrogen and oxygen atoms in total. The maximum Gasteiger partial charge on any atom is 0.271 e. The Hall–Kier alpha value is -3.79. The van der Waals surface area contributed by atoms with E-state index in [-0.39, 0.29) is 36.0 Å². The lowest BCUT2D eigenvalue weighted by molar-refractivity contribution is -0.133. The van der Waals surface area contributed by atoms with Gasteiger partial charge in [0.25, 0.3) is 5.91 Å². The van der Waals surface area contributed by atoms with Gasteiger partial charge < -0.3 is 5.32 Å². The molecule has 178 valence electrons. The first-order valence-electron chi connectivity index (χ1n) is 11.5. The first-order valence-corrected chi connectivity index (χ1v) is 13.3. The topological polar surface area (TPSA) is 113 Å². The Morgan fingerprint density at radius 1 is 1.06 bits per heavy atom. The lowest BCUT2D eigenvalue weighted by atomic mass is 10.1. The molecule has 1 N–H and O–H groups in total. The molecule has 1 saturated heterocycles. The summed E-state index contributed by atoms with van der Waals surface area (Å²) in [7, 11) is -3.19. The predicted molar refractivity (Wildman–Crippen MR) is 134 cm³/mol. The van der Waals surface area contributed by atoms with Crippen molar-refractivity contribution in [1.82, 2.24) is 14.4 Å². The zero-order valence-corrected chi connectivity index (χ0v) is 19.9. The van der Waals surface area contributed by atoms with E-state index in [0.717, 1.165) is 33.1 Å². The van der Waals surface area contributed by atoms with Crippen molar-refractivity contribution in [3.63, 3.8) is 0 Å². The predicted octanol–water partition coefficient (Wildman–Crippen LogP) is 3.05. The van der Waals surface area contributed by atoms with Crippen LogP contribution in [0.25, 0.3) is 27.3 Å². The van der Waals surface area contributed by atoms with Crippen LogP contribution < -0.4 is 5.32 Å². The molecule has 2 aromatic carbocycles. The number of hydrogen-bond donors (Lipinski definition) is 1. The number of anilines is 1. The standard InChI is InChI=1S/C25H23N5O4S/c1-15-26-19-8-4-2-6-17(19)24-23(18-7-3-5-9-21(18)29(15)24)27-25(32)20-10-11-22(31)30(28-20)16-12-13-35(33,34)14-16/h2-9,16H,10-14H2,1H3,(H,27,32). The molecule has 0 bridgehead atoms. The molecule has 0 aliphatic carbocycles. The van der Waals surface area contributed by atoms with Crippen molar-refractivity contribution in [3.8, 4) is 0 Å². The van der Waals surface area contributed by atoms with E-state index in [2.05, 4.69) is 10.4 Å². The van der Waals surface area contributed by atoms with Crippen LogP contribution in [-0.2, 0) is 19.4 Å². The van der Waals surface area contributed by atoms with E-state index in [9.17, 15) is 18.0 Å². The zero-order valence-electron chi connectivity index (χ0n) is 19.1. The third kappa shape index (κ3) is 3.56. The number of para-hydroxylation sites is 2. The summed E-state index contributed by atoms with van der Waals surface area (Å²) in [6, 6.07) is 15.1. The molecule has 1 unspecified atom stereocenters. The first-order chi connectivity index (χ1) is 16.8. The zero-order chi connectivity index (χ0) is 24.3. The minimum absolute atomic E-state index is 0.0294. The van der Waals surface area contributed by atoms with Crippen molar-refractivity contribution in [2.75, 3.05) is 16.8 Å². The number of carbonyl (C=O) groups is 2. The van der Waals surface area contributed by atoms with Crippen LogP contribution in [0.4, 0.5) is 5.69 Å². The van der Waals surface area contributed by atoms with E-state index in [0.29, 0.717) is 12.1 Å². The minimum Gasteiger partial charge on any atom is -0.318 e. The second kappa shape index (κ2) is 7.88. The lowest BCUT2D eigenvalue weighted by Gasteiger charge is -2.27. The Labute approximate surface area is 201 Å². The summed E-state index contributed by atoms with van der Waals surface area (Å²) in [4.78, 5) is 30.7. The molecular formula is C25H23N5O4S. The van der Waals surface area contributed by atoms with Crippen LogP contribution in [0, 0.1) is 6.92 Å². The highest BCUT2D eigenvalue weighted by atomic mass is 32.2. The second-order valence-electron chi connectivity index (χ2n) is 9.05. The Morgan fingerprint density at radius 2 is 1.80 bits per heavy atom. The summed E-state index contributed by atoms with van der Waals surface area (Å²) in [5, 5.41) is 10.4. The van der Waals surface area contributed by atoms with Crippen molar-refractivity contribution in [2.24, 2.45) is 5.10 Å². The molecule has 0 spiro atoms. The van der Waals surface area contributed by atoms with Gasteiger partial charge in [-0.05, 0) is 25.5 Å². The van der Waals surface area contributed by atoms with Gasteiger partial charge in [-0.2, -0.15) is 5.10 Å². The van der Waals surface area contributed by atoms with E-state index in [4.69, 9.17) is 4.98 Å². The van der Waals surface area contributed by atoms with Gasteiger partial charge in [-0.15, -0.1) is 0 Å². The van der Waals surface area contributed by atoms with E-state index < -0.39 is 21.8 Å². The van der Waals surface area contributed by atoms with Crippen molar-refractivity contribution in [2.45, 2.75) is 32.2 Å². The monoisotopic (exact) mass is 489 g/mol. The molecule has 4 aromatic rings. The van der Waals surface area contributed by atoms with Gasteiger partial charge in [-0.1, -0.05) is 36.4 Å². The fourth-order valence-corrected chi connectivity index (χ4v) is 6.82. The van der Waals surface area contributed by atoms with Gasteiger partial charge in [0.2, 0.25) is 5.91 Å². The van der Waals surface area contributed by atoms with Gasteiger partial charge >= 0.3 is 0 Å². The fraction of sp³-hybridized carbons (Fsp3) is 0.280. The minimum atomic E-state index is -3.19. The summed E-state index contributed by atoms with van der Waals surface area (Å²) >= 11 is 0. The third-order valence-corrected chi connectivity index (χ3v) is 8.50. The maximum atomic E-state index is 13.4. The van der Waals surface area contributed by atoms with E-state index in [1.165, 1.54) is 5.01 Å². The largest absolute Gasteiger partial charge is 0.318 e. The number of nitrogens with one attached hydrogen (secondary N) is 1. The second-order valence-corrected chi connectivity index (χ2v) is 11.3. The number of rotatable bonds is 3. The molecule has 0 saturated carbocycles. The van der Waals surface area contributed by atoms with Crippen LogP contribution in [-0.4, -0.2) is 57.9 Å². The van der Waals surface area contributed by atoms with Crippen LogP contribution in [0.1, 0.15) is 25.1 Å². The molecule has 2 aliphatic rings.